The Labute approximate surface area is 123 Å². The molecule has 3 rings (SSSR count). The first kappa shape index (κ1) is 13.4. The van der Waals surface area contributed by atoms with E-state index in [4.69, 9.17) is 10.5 Å². The lowest BCUT2D eigenvalue weighted by Gasteiger charge is -2.08. The first-order valence-electron chi connectivity index (χ1n) is 6.87. The van der Waals surface area contributed by atoms with E-state index in [-0.39, 0.29) is 0 Å². The summed E-state index contributed by atoms with van der Waals surface area (Å²) >= 11 is 0. The summed E-state index contributed by atoms with van der Waals surface area (Å²) in [5.41, 5.74) is 8.61. The van der Waals surface area contributed by atoms with Crippen LogP contribution in [0.2, 0.25) is 0 Å². The fraction of sp³-hybridized carbons (Fsp3) is 0.118. The molecule has 0 aliphatic carbocycles. The van der Waals surface area contributed by atoms with Crippen LogP contribution < -0.4 is 10.5 Å². The largest absolute Gasteiger partial charge is 0.487 e. The first-order valence-corrected chi connectivity index (χ1v) is 6.87. The van der Waals surface area contributed by atoms with Crippen LogP contribution in [0.25, 0.3) is 5.69 Å². The van der Waals surface area contributed by atoms with E-state index in [9.17, 15) is 0 Å². The summed E-state index contributed by atoms with van der Waals surface area (Å²) in [6.45, 7) is 0.894. The maximum Gasteiger partial charge on any atom is 0.132 e. The maximum absolute atomic E-state index is 5.81. The Morgan fingerprint density at radius 3 is 2.52 bits per heavy atom. The van der Waals surface area contributed by atoms with Crippen LogP contribution in [0.4, 0.5) is 0 Å². The van der Waals surface area contributed by atoms with E-state index < -0.39 is 0 Å². The molecule has 1 aromatic heterocycles. The van der Waals surface area contributed by atoms with Gasteiger partial charge in [-0.2, -0.15) is 5.10 Å². The highest BCUT2D eigenvalue weighted by atomic mass is 16.5. The van der Waals surface area contributed by atoms with Gasteiger partial charge in [-0.05, 0) is 24.3 Å². The monoisotopic (exact) mass is 279 g/mol. The molecule has 0 aliphatic heterocycles. The molecular formula is C17H17N3O. The van der Waals surface area contributed by atoms with Crippen molar-refractivity contribution in [2.75, 3.05) is 0 Å². The smallest absolute Gasteiger partial charge is 0.132 e. The quantitative estimate of drug-likeness (QED) is 0.781. The summed E-state index contributed by atoms with van der Waals surface area (Å²) in [5, 5.41) is 4.51. The number of ether oxygens (including phenoxy) is 1. The highest BCUT2D eigenvalue weighted by Gasteiger charge is 2.04. The average Bonchev–Trinajstić information content (AvgIpc) is 3.03. The van der Waals surface area contributed by atoms with Crippen LogP contribution in [0.15, 0.2) is 66.9 Å². The summed E-state index contributed by atoms with van der Waals surface area (Å²) in [7, 11) is 0. The van der Waals surface area contributed by atoms with Crippen molar-refractivity contribution in [2.24, 2.45) is 5.73 Å². The molecule has 4 heteroatoms. The predicted molar refractivity (Wildman–Crippen MR) is 82.2 cm³/mol. The van der Waals surface area contributed by atoms with E-state index in [0.717, 1.165) is 22.7 Å². The molecule has 0 aliphatic rings. The van der Waals surface area contributed by atoms with Crippen LogP contribution in [-0.4, -0.2) is 9.78 Å². The summed E-state index contributed by atoms with van der Waals surface area (Å²) < 4.78 is 7.65. The SMILES string of the molecule is NCc1ccccc1OCc1ccn(-c2ccccc2)n1. The minimum atomic E-state index is 0.427. The van der Waals surface area contributed by atoms with E-state index in [1.165, 1.54) is 0 Å². The molecule has 4 nitrogen and oxygen atoms in total. The molecule has 106 valence electrons. The molecule has 0 saturated heterocycles. The molecule has 1 heterocycles. The van der Waals surface area contributed by atoms with E-state index in [2.05, 4.69) is 5.10 Å². The number of aromatic nitrogens is 2. The minimum Gasteiger partial charge on any atom is -0.487 e. The molecule has 2 N–H and O–H groups in total. The lowest BCUT2D eigenvalue weighted by molar-refractivity contribution is 0.297. The second-order valence-electron chi connectivity index (χ2n) is 4.69. The van der Waals surface area contributed by atoms with Gasteiger partial charge in [0.2, 0.25) is 0 Å². The number of nitrogens with zero attached hydrogens (tertiary/aromatic N) is 2. The molecule has 3 aromatic rings. The predicted octanol–water partition coefficient (Wildman–Crippen LogP) is 2.91. The first-order chi connectivity index (χ1) is 10.4. The third kappa shape index (κ3) is 3.12. The van der Waals surface area contributed by atoms with Crippen molar-refractivity contribution in [1.82, 2.24) is 9.78 Å². The standard InChI is InChI=1S/C17H17N3O/c18-12-14-6-4-5-9-17(14)21-13-15-10-11-20(19-15)16-7-2-1-3-8-16/h1-11H,12-13,18H2. The third-order valence-electron chi connectivity index (χ3n) is 3.23. The lowest BCUT2D eigenvalue weighted by Crippen LogP contribution is -2.03. The van der Waals surface area contributed by atoms with E-state index in [0.29, 0.717) is 13.2 Å². The Morgan fingerprint density at radius 1 is 0.952 bits per heavy atom. The number of para-hydroxylation sites is 2. The van der Waals surface area contributed by atoms with Crippen molar-refractivity contribution in [3.63, 3.8) is 0 Å². The highest BCUT2D eigenvalue weighted by molar-refractivity contribution is 5.33. The van der Waals surface area contributed by atoms with Crippen molar-refractivity contribution in [3.05, 3.63) is 78.1 Å². The van der Waals surface area contributed by atoms with Gasteiger partial charge in [0.25, 0.3) is 0 Å². The van der Waals surface area contributed by atoms with Gasteiger partial charge in [-0.15, -0.1) is 0 Å². The summed E-state index contributed by atoms with van der Waals surface area (Å²) in [4.78, 5) is 0. The number of hydrogen-bond donors (Lipinski definition) is 1. The molecule has 0 radical (unpaired) electrons. The maximum atomic E-state index is 5.81. The van der Waals surface area contributed by atoms with Gasteiger partial charge >= 0.3 is 0 Å². The van der Waals surface area contributed by atoms with E-state index >= 15 is 0 Å². The fourth-order valence-corrected chi connectivity index (χ4v) is 2.13. The second kappa shape index (κ2) is 6.24. The van der Waals surface area contributed by atoms with Gasteiger partial charge < -0.3 is 10.5 Å². The van der Waals surface area contributed by atoms with Crippen molar-refractivity contribution < 1.29 is 4.74 Å². The molecule has 0 amide bonds. The Morgan fingerprint density at radius 2 is 1.71 bits per heavy atom. The van der Waals surface area contributed by atoms with Crippen molar-refractivity contribution in [1.29, 1.82) is 0 Å². The molecule has 21 heavy (non-hydrogen) atoms. The Hall–Kier alpha value is -2.59. The third-order valence-corrected chi connectivity index (χ3v) is 3.23. The number of nitrogens with two attached hydrogens (primary N) is 1. The normalized spacial score (nSPS) is 10.5. The molecule has 0 atom stereocenters. The van der Waals surface area contributed by atoms with Gasteiger partial charge in [0, 0.05) is 18.3 Å². The van der Waals surface area contributed by atoms with Crippen LogP contribution in [0.5, 0.6) is 5.75 Å². The highest BCUT2D eigenvalue weighted by Crippen LogP contribution is 2.18. The van der Waals surface area contributed by atoms with Gasteiger partial charge in [-0.1, -0.05) is 36.4 Å². The van der Waals surface area contributed by atoms with Gasteiger partial charge in [-0.25, -0.2) is 4.68 Å². The molecule has 0 saturated carbocycles. The van der Waals surface area contributed by atoms with Gasteiger partial charge in [-0.3, -0.25) is 0 Å². The van der Waals surface area contributed by atoms with Crippen LogP contribution in [0, 0.1) is 0 Å². The summed E-state index contributed by atoms with van der Waals surface area (Å²) in [6, 6.07) is 19.8. The zero-order chi connectivity index (χ0) is 14.5. The Balaban J connectivity index is 1.71. The molecule has 0 fully saturated rings. The Kier molecular flexibility index (Phi) is 3.98. The molecule has 0 unspecified atom stereocenters. The molecule has 2 aromatic carbocycles. The Bertz CT molecular complexity index is 707. The van der Waals surface area contributed by atoms with Crippen LogP contribution in [-0.2, 0) is 13.2 Å². The van der Waals surface area contributed by atoms with Crippen LogP contribution in [0.1, 0.15) is 11.3 Å². The van der Waals surface area contributed by atoms with Crippen molar-refractivity contribution >= 4 is 0 Å². The fourth-order valence-electron chi connectivity index (χ4n) is 2.13. The number of benzene rings is 2. The molecule has 0 spiro atoms. The van der Waals surface area contributed by atoms with E-state index in [1.54, 1.807) is 0 Å². The second-order valence-corrected chi connectivity index (χ2v) is 4.69. The zero-order valence-corrected chi connectivity index (χ0v) is 11.6. The summed E-state index contributed by atoms with van der Waals surface area (Å²) in [5.74, 6) is 0.814. The van der Waals surface area contributed by atoms with Crippen LogP contribution >= 0.6 is 0 Å². The van der Waals surface area contributed by atoms with Gasteiger partial charge in [0.15, 0.2) is 0 Å². The topological polar surface area (TPSA) is 53.1 Å². The minimum absolute atomic E-state index is 0.427. The zero-order valence-electron chi connectivity index (χ0n) is 11.6. The van der Waals surface area contributed by atoms with Crippen LogP contribution in [0.3, 0.4) is 0 Å². The lowest BCUT2D eigenvalue weighted by atomic mass is 10.2. The van der Waals surface area contributed by atoms with Crippen molar-refractivity contribution in [3.8, 4) is 11.4 Å². The van der Waals surface area contributed by atoms with Gasteiger partial charge in [0.05, 0.1) is 5.69 Å². The molecule has 0 bridgehead atoms. The number of rotatable bonds is 5. The summed E-state index contributed by atoms with van der Waals surface area (Å²) in [6.07, 6.45) is 1.93. The van der Waals surface area contributed by atoms with Gasteiger partial charge in [0.1, 0.15) is 18.1 Å². The number of hydrogen-bond acceptors (Lipinski definition) is 3. The average molecular weight is 279 g/mol. The van der Waals surface area contributed by atoms with E-state index in [1.807, 2.05) is 71.5 Å². The van der Waals surface area contributed by atoms with Crippen molar-refractivity contribution in [2.45, 2.75) is 13.2 Å². The molecular weight excluding hydrogens is 262 g/mol.